The van der Waals surface area contributed by atoms with E-state index < -0.39 is 23.2 Å². The lowest BCUT2D eigenvalue weighted by atomic mass is 9.87. The zero-order valence-electron chi connectivity index (χ0n) is 12.9. The molecule has 0 unspecified atom stereocenters. The molecule has 2 atom stereocenters. The van der Waals surface area contributed by atoms with Gasteiger partial charge in [0.15, 0.2) is 0 Å². The molecule has 1 N–H and O–H groups in total. The monoisotopic (exact) mass is 287 g/mol. The second kappa shape index (κ2) is 5.99. The summed E-state index contributed by atoms with van der Waals surface area (Å²) in [6, 6.07) is 0. The van der Waals surface area contributed by atoms with Crippen molar-refractivity contribution in [2.75, 3.05) is 19.8 Å². The van der Waals surface area contributed by atoms with Gasteiger partial charge in [-0.3, -0.25) is 4.90 Å². The van der Waals surface area contributed by atoms with E-state index in [9.17, 15) is 14.7 Å². The van der Waals surface area contributed by atoms with Crippen LogP contribution in [0, 0.1) is 5.92 Å². The minimum Gasteiger partial charge on any atom is -0.464 e. The van der Waals surface area contributed by atoms with Gasteiger partial charge in [-0.25, -0.2) is 9.59 Å². The van der Waals surface area contributed by atoms with E-state index >= 15 is 0 Å². The first kappa shape index (κ1) is 16.8. The summed E-state index contributed by atoms with van der Waals surface area (Å²) >= 11 is 0. The molecule has 0 aromatic carbocycles. The van der Waals surface area contributed by atoms with Gasteiger partial charge in [-0.15, -0.1) is 0 Å². The Bertz CT molecular complexity index is 376. The van der Waals surface area contributed by atoms with Crippen LogP contribution in [0.1, 0.15) is 41.0 Å². The molecule has 0 aromatic heterocycles. The number of amides is 1. The summed E-state index contributed by atoms with van der Waals surface area (Å²) in [5.41, 5.74) is -1.81. The van der Waals surface area contributed by atoms with Crippen LogP contribution in [-0.4, -0.2) is 53.0 Å². The third kappa shape index (κ3) is 3.23. The Kier molecular flexibility index (Phi) is 5.02. The van der Waals surface area contributed by atoms with E-state index in [4.69, 9.17) is 9.47 Å². The number of hydrogen-bond acceptors (Lipinski definition) is 5. The molecule has 1 fully saturated rings. The average molecular weight is 287 g/mol. The van der Waals surface area contributed by atoms with E-state index in [1.54, 1.807) is 34.6 Å². The number of carbonyl (C=O) groups excluding carboxylic acids is 2. The summed E-state index contributed by atoms with van der Waals surface area (Å²) in [5.74, 6) is -0.837. The Labute approximate surface area is 120 Å². The summed E-state index contributed by atoms with van der Waals surface area (Å²) in [5, 5.41) is 9.46. The quantitative estimate of drug-likeness (QED) is 0.797. The van der Waals surface area contributed by atoms with Crippen LogP contribution >= 0.6 is 0 Å². The fourth-order valence-electron chi connectivity index (χ4n) is 2.44. The van der Waals surface area contributed by atoms with Crippen LogP contribution in [0.15, 0.2) is 0 Å². The number of aliphatic hydroxyl groups excluding tert-OH is 1. The Morgan fingerprint density at radius 1 is 1.40 bits per heavy atom. The Balaban J connectivity index is 3.00. The highest BCUT2D eigenvalue weighted by Crippen LogP contribution is 2.36. The van der Waals surface area contributed by atoms with Gasteiger partial charge in [-0.2, -0.15) is 0 Å². The zero-order valence-corrected chi connectivity index (χ0v) is 12.9. The summed E-state index contributed by atoms with van der Waals surface area (Å²) < 4.78 is 10.4. The normalized spacial score (nSPS) is 26.5. The minimum atomic E-state index is -1.17. The van der Waals surface area contributed by atoms with Gasteiger partial charge in [-0.05, 0) is 41.0 Å². The maximum Gasteiger partial charge on any atom is 0.411 e. The molecule has 1 aliphatic heterocycles. The maximum absolute atomic E-state index is 12.3. The Morgan fingerprint density at radius 3 is 2.45 bits per heavy atom. The lowest BCUT2D eigenvalue weighted by molar-refractivity contribution is -0.157. The van der Waals surface area contributed by atoms with Crippen LogP contribution in [0.5, 0.6) is 0 Å². The maximum atomic E-state index is 12.3. The van der Waals surface area contributed by atoms with E-state index in [-0.39, 0.29) is 19.1 Å². The Morgan fingerprint density at radius 2 is 2.00 bits per heavy atom. The predicted molar refractivity (Wildman–Crippen MR) is 73.2 cm³/mol. The van der Waals surface area contributed by atoms with E-state index in [1.807, 2.05) is 0 Å². The smallest absolute Gasteiger partial charge is 0.411 e. The van der Waals surface area contributed by atoms with Gasteiger partial charge in [-0.1, -0.05) is 0 Å². The molecule has 1 aliphatic rings. The number of likely N-dealkylation sites (tertiary alicyclic amines) is 1. The number of ether oxygens (including phenoxy) is 2. The molecule has 1 rings (SSSR count). The van der Waals surface area contributed by atoms with Crippen molar-refractivity contribution in [3.8, 4) is 0 Å². The van der Waals surface area contributed by atoms with Gasteiger partial charge in [0, 0.05) is 19.1 Å². The minimum absolute atomic E-state index is 0.172. The Hall–Kier alpha value is -1.30. The number of hydrogen-bond donors (Lipinski definition) is 1. The van der Waals surface area contributed by atoms with Crippen LogP contribution in [0.3, 0.4) is 0 Å². The second-order valence-corrected chi connectivity index (χ2v) is 6.17. The molecular formula is C14H25NO5. The van der Waals surface area contributed by atoms with E-state index in [2.05, 4.69) is 0 Å². The van der Waals surface area contributed by atoms with Gasteiger partial charge in [0.05, 0.1) is 6.61 Å². The first-order valence-corrected chi connectivity index (χ1v) is 6.95. The van der Waals surface area contributed by atoms with Crippen molar-refractivity contribution in [1.82, 2.24) is 4.90 Å². The standard InChI is InChI=1S/C14H25NO5/c1-6-19-11(17)14(5)10(9-16)7-8-15(14)12(18)20-13(2,3)4/h10,16H,6-9H2,1-5H3/t10-,14+/m0/s1. The average Bonchev–Trinajstić information content (AvgIpc) is 2.65. The molecule has 20 heavy (non-hydrogen) atoms. The van der Waals surface area contributed by atoms with Crippen LogP contribution in [-0.2, 0) is 14.3 Å². The van der Waals surface area contributed by atoms with Gasteiger partial charge in [0.2, 0.25) is 0 Å². The summed E-state index contributed by atoms with van der Waals surface area (Å²) in [6.45, 7) is 9.08. The predicted octanol–water partition coefficient (Wildman–Crippen LogP) is 1.56. The third-order valence-corrected chi connectivity index (χ3v) is 3.58. The number of carbonyl (C=O) groups is 2. The molecule has 116 valence electrons. The van der Waals surface area contributed by atoms with Crippen LogP contribution in [0.4, 0.5) is 4.79 Å². The number of nitrogens with zero attached hydrogens (tertiary/aromatic N) is 1. The fourth-order valence-corrected chi connectivity index (χ4v) is 2.44. The van der Waals surface area contributed by atoms with Crippen LogP contribution in [0.2, 0.25) is 0 Å². The lowest BCUT2D eigenvalue weighted by Gasteiger charge is -2.37. The van der Waals surface area contributed by atoms with Crippen LogP contribution < -0.4 is 0 Å². The number of esters is 1. The van der Waals surface area contributed by atoms with E-state index in [1.165, 1.54) is 4.90 Å². The molecule has 1 saturated heterocycles. The van der Waals surface area contributed by atoms with Gasteiger partial charge in [0.1, 0.15) is 11.1 Å². The molecule has 1 amide bonds. The van der Waals surface area contributed by atoms with Crippen molar-refractivity contribution in [1.29, 1.82) is 0 Å². The highest BCUT2D eigenvalue weighted by atomic mass is 16.6. The topological polar surface area (TPSA) is 76.1 Å². The molecule has 6 heteroatoms. The van der Waals surface area contributed by atoms with Gasteiger partial charge >= 0.3 is 12.1 Å². The molecule has 0 aromatic rings. The zero-order chi connectivity index (χ0) is 15.6. The molecule has 6 nitrogen and oxygen atoms in total. The van der Waals surface area contributed by atoms with Crippen molar-refractivity contribution in [2.24, 2.45) is 5.92 Å². The van der Waals surface area contributed by atoms with Crippen molar-refractivity contribution in [3.05, 3.63) is 0 Å². The molecule has 0 saturated carbocycles. The van der Waals surface area contributed by atoms with E-state index in [0.29, 0.717) is 13.0 Å². The summed E-state index contributed by atoms with van der Waals surface area (Å²) in [4.78, 5) is 25.9. The highest BCUT2D eigenvalue weighted by Gasteiger charge is 2.54. The SMILES string of the molecule is CCOC(=O)[C@@]1(C)[C@H](CO)CCN1C(=O)OC(C)(C)C. The van der Waals surface area contributed by atoms with Gasteiger partial charge < -0.3 is 14.6 Å². The first-order chi connectivity index (χ1) is 9.16. The largest absolute Gasteiger partial charge is 0.464 e. The van der Waals surface area contributed by atoms with Crippen LogP contribution in [0.25, 0.3) is 0 Å². The molecule has 0 spiro atoms. The van der Waals surface area contributed by atoms with E-state index in [0.717, 1.165) is 0 Å². The summed E-state index contributed by atoms with van der Waals surface area (Å²) in [6.07, 6.45) is -0.00517. The fraction of sp³-hybridized carbons (Fsp3) is 0.857. The molecule has 1 heterocycles. The number of rotatable bonds is 3. The number of aliphatic hydroxyl groups is 1. The second-order valence-electron chi connectivity index (χ2n) is 6.17. The third-order valence-electron chi connectivity index (χ3n) is 3.58. The van der Waals surface area contributed by atoms with Crippen molar-refractivity contribution in [3.63, 3.8) is 0 Å². The van der Waals surface area contributed by atoms with Crippen molar-refractivity contribution in [2.45, 2.75) is 52.2 Å². The van der Waals surface area contributed by atoms with Gasteiger partial charge in [0.25, 0.3) is 0 Å². The highest BCUT2D eigenvalue weighted by molar-refractivity contribution is 5.86. The van der Waals surface area contributed by atoms with Crippen molar-refractivity contribution < 1.29 is 24.2 Å². The molecular weight excluding hydrogens is 262 g/mol. The van der Waals surface area contributed by atoms with Crippen molar-refractivity contribution >= 4 is 12.1 Å². The molecule has 0 bridgehead atoms. The first-order valence-electron chi connectivity index (χ1n) is 6.95. The molecule has 0 radical (unpaired) electrons. The molecule has 0 aliphatic carbocycles. The summed E-state index contributed by atoms with van der Waals surface area (Å²) in [7, 11) is 0. The lowest BCUT2D eigenvalue weighted by Crippen LogP contribution is -2.56.